The number of rotatable bonds is 11. The number of benzene rings is 2. The van der Waals surface area contributed by atoms with Gasteiger partial charge >= 0.3 is 0 Å². The molecule has 0 aliphatic rings. The Morgan fingerprint density at radius 1 is 0.759 bits per heavy atom. The first kappa shape index (κ1) is 23.9. The second kappa shape index (κ2) is 10.6. The monoisotopic (exact) mass is 412 g/mol. The first-order chi connectivity index (χ1) is 13.7. The van der Waals surface area contributed by atoms with Gasteiger partial charge in [-0.3, -0.25) is 0 Å². The highest BCUT2D eigenvalue weighted by molar-refractivity contribution is 6.74. The summed E-state index contributed by atoms with van der Waals surface area (Å²) in [6.45, 7) is 16.0. The summed E-state index contributed by atoms with van der Waals surface area (Å²) >= 11 is 0. The summed E-state index contributed by atoms with van der Waals surface area (Å²) < 4.78 is 13.0. The molecular weight excluding hydrogens is 372 g/mol. The SMILES string of the molecule is CCCOCC(CO[Si](C)(C)C(C)(C)C)(Cc1ccccc1)Cc1ccccc1. The molecule has 2 aromatic rings. The number of ether oxygens (including phenoxy) is 1. The largest absolute Gasteiger partial charge is 0.416 e. The summed E-state index contributed by atoms with van der Waals surface area (Å²) in [4.78, 5) is 0. The third kappa shape index (κ3) is 7.40. The third-order valence-electron chi connectivity index (χ3n) is 6.15. The van der Waals surface area contributed by atoms with Gasteiger partial charge in [0.2, 0.25) is 0 Å². The third-order valence-corrected chi connectivity index (χ3v) is 10.6. The van der Waals surface area contributed by atoms with Crippen LogP contribution in [0.15, 0.2) is 60.7 Å². The Hall–Kier alpha value is -1.42. The van der Waals surface area contributed by atoms with E-state index in [9.17, 15) is 0 Å². The molecule has 0 amide bonds. The fraction of sp³-hybridized carbons (Fsp3) is 0.538. The van der Waals surface area contributed by atoms with Crippen LogP contribution in [-0.2, 0) is 22.0 Å². The lowest BCUT2D eigenvalue weighted by Gasteiger charge is -2.41. The van der Waals surface area contributed by atoms with Crippen molar-refractivity contribution in [2.75, 3.05) is 19.8 Å². The topological polar surface area (TPSA) is 18.5 Å². The summed E-state index contributed by atoms with van der Waals surface area (Å²) in [5, 5.41) is 0.197. The molecule has 0 saturated heterocycles. The van der Waals surface area contributed by atoms with E-state index in [1.165, 1.54) is 11.1 Å². The Kier molecular flexibility index (Phi) is 8.68. The molecule has 29 heavy (non-hydrogen) atoms. The highest BCUT2D eigenvalue weighted by Gasteiger charge is 2.41. The highest BCUT2D eigenvalue weighted by atomic mass is 28.4. The number of hydrogen-bond acceptors (Lipinski definition) is 2. The van der Waals surface area contributed by atoms with Crippen LogP contribution in [0.1, 0.15) is 45.2 Å². The molecule has 0 heterocycles. The zero-order chi connectivity index (χ0) is 21.4. The van der Waals surface area contributed by atoms with E-state index in [-0.39, 0.29) is 10.5 Å². The minimum atomic E-state index is -1.85. The van der Waals surface area contributed by atoms with Gasteiger partial charge in [-0.15, -0.1) is 0 Å². The molecule has 0 saturated carbocycles. The molecule has 2 aromatic carbocycles. The lowest BCUT2D eigenvalue weighted by atomic mass is 9.78. The van der Waals surface area contributed by atoms with Crippen LogP contribution in [-0.4, -0.2) is 28.1 Å². The summed E-state index contributed by atoms with van der Waals surface area (Å²) in [5.74, 6) is 0. The van der Waals surface area contributed by atoms with Crippen molar-refractivity contribution >= 4 is 8.32 Å². The molecule has 0 bridgehead atoms. The molecule has 0 unspecified atom stereocenters. The van der Waals surface area contributed by atoms with Crippen LogP contribution in [0.5, 0.6) is 0 Å². The Morgan fingerprint density at radius 2 is 1.24 bits per heavy atom. The van der Waals surface area contributed by atoms with Crippen LogP contribution in [0.3, 0.4) is 0 Å². The predicted molar refractivity (Wildman–Crippen MR) is 127 cm³/mol. The zero-order valence-electron chi connectivity index (χ0n) is 19.3. The summed E-state index contributed by atoms with van der Waals surface area (Å²) in [6.07, 6.45) is 2.96. The first-order valence-corrected chi connectivity index (χ1v) is 13.9. The molecule has 2 nitrogen and oxygen atoms in total. The summed E-state index contributed by atoms with van der Waals surface area (Å²) in [7, 11) is -1.85. The fourth-order valence-electron chi connectivity index (χ4n) is 3.35. The van der Waals surface area contributed by atoms with E-state index in [1.807, 2.05) is 0 Å². The van der Waals surface area contributed by atoms with Crippen molar-refractivity contribution in [2.45, 2.75) is 65.1 Å². The number of hydrogen-bond donors (Lipinski definition) is 0. The molecule has 3 heteroatoms. The van der Waals surface area contributed by atoms with E-state index < -0.39 is 8.32 Å². The van der Waals surface area contributed by atoms with Gasteiger partial charge in [0.25, 0.3) is 0 Å². The van der Waals surface area contributed by atoms with Gasteiger partial charge < -0.3 is 9.16 Å². The van der Waals surface area contributed by atoms with Crippen molar-refractivity contribution in [3.05, 3.63) is 71.8 Å². The van der Waals surface area contributed by atoms with E-state index in [0.29, 0.717) is 0 Å². The van der Waals surface area contributed by atoms with Gasteiger partial charge in [-0.05, 0) is 48.5 Å². The van der Waals surface area contributed by atoms with Crippen LogP contribution in [0.25, 0.3) is 0 Å². The lowest BCUT2D eigenvalue weighted by molar-refractivity contribution is 0.00973. The zero-order valence-corrected chi connectivity index (χ0v) is 20.3. The van der Waals surface area contributed by atoms with Crippen molar-refractivity contribution in [3.8, 4) is 0 Å². The van der Waals surface area contributed by atoms with Crippen molar-refractivity contribution < 1.29 is 9.16 Å². The van der Waals surface area contributed by atoms with Gasteiger partial charge in [0, 0.05) is 18.6 Å². The van der Waals surface area contributed by atoms with Gasteiger partial charge in [-0.25, -0.2) is 0 Å². The molecule has 0 aliphatic carbocycles. The van der Waals surface area contributed by atoms with E-state index in [1.54, 1.807) is 0 Å². The molecule has 0 aliphatic heterocycles. The molecule has 0 atom stereocenters. The molecular formula is C26H40O2Si. The molecule has 2 rings (SSSR count). The van der Waals surface area contributed by atoms with Crippen molar-refractivity contribution in [3.63, 3.8) is 0 Å². The Bertz CT molecular complexity index is 663. The lowest BCUT2D eigenvalue weighted by Crippen LogP contribution is -2.46. The van der Waals surface area contributed by atoms with Gasteiger partial charge in [0.1, 0.15) is 0 Å². The average Bonchev–Trinajstić information content (AvgIpc) is 2.67. The smallest absolute Gasteiger partial charge is 0.192 e. The molecule has 160 valence electrons. The van der Waals surface area contributed by atoms with Gasteiger partial charge in [0.05, 0.1) is 6.61 Å². The van der Waals surface area contributed by atoms with Crippen LogP contribution in [0.4, 0.5) is 0 Å². The fourth-order valence-corrected chi connectivity index (χ4v) is 4.45. The van der Waals surface area contributed by atoms with Gasteiger partial charge in [0.15, 0.2) is 8.32 Å². The Balaban J connectivity index is 2.34. The second-order valence-electron chi connectivity index (χ2n) is 9.93. The maximum Gasteiger partial charge on any atom is 0.192 e. The van der Waals surface area contributed by atoms with Crippen LogP contribution in [0.2, 0.25) is 18.1 Å². The minimum absolute atomic E-state index is 0.0760. The van der Waals surface area contributed by atoms with E-state index in [0.717, 1.165) is 39.1 Å². The van der Waals surface area contributed by atoms with Crippen LogP contribution in [0, 0.1) is 5.41 Å². The van der Waals surface area contributed by atoms with E-state index in [4.69, 9.17) is 9.16 Å². The van der Waals surface area contributed by atoms with Crippen molar-refractivity contribution in [1.29, 1.82) is 0 Å². The van der Waals surface area contributed by atoms with Crippen molar-refractivity contribution in [2.24, 2.45) is 5.41 Å². The molecule has 0 radical (unpaired) electrons. The maximum absolute atomic E-state index is 6.79. The first-order valence-electron chi connectivity index (χ1n) is 11.0. The van der Waals surface area contributed by atoms with Crippen LogP contribution >= 0.6 is 0 Å². The molecule has 0 fully saturated rings. The van der Waals surface area contributed by atoms with E-state index in [2.05, 4.69) is 101 Å². The normalized spacial score (nSPS) is 12.9. The minimum Gasteiger partial charge on any atom is -0.416 e. The molecule has 0 N–H and O–H groups in total. The summed E-state index contributed by atoms with van der Waals surface area (Å²) in [6, 6.07) is 21.6. The van der Waals surface area contributed by atoms with Crippen molar-refractivity contribution in [1.82, 2.24) is 0 Å². The van der Waals surface area contributed by atoms with Crippen LogP contribution < -0.4 is 0 Å². The predicted octanol–water partition coefficient (Wildman–Crippen LogP) is 6.91. The van der Waals surface area contributed by atoms with E-state index >= 15 is 0 Å². The second-order valence-corrected chi connectivity index (χ2v) is 14.7. The van der Waals surface area contributed by atoms with Gasteiger partial charge in [-0.2, -0.15) is 0 Å². The molecule has 0 spiro atoms. The summed E-state index contributed by atoms with van der Waals surface area (Å²) in [5.41, 5.74) is 2.62. The van der Waals surface area contributed by atoms with Gasteiger partial charge in [-0.1, -0.05) is 88.4 Å². The molecule has 0 aromatic heterocycles. The standard InChI is InChI=1S/C26H40O2Si/c1-7-18-27-21-26(19-23-14-10-8-11-15-23,20-24-16-12-9-13-17-24)22-28-29(5,6)25(2,3)4/h8-17H,7,18-22H2,1-6H3. The Labute approximate surface area is 179 Å². The maximum atomic E-state index is 6.79. The Morgan fingerprint density at radius 3 is 1.66 bits per heavy atom. The average molecular weight is 413 g/mol. The quantitative estimate of drug-likeness (QED) is 0.295. The highest BCUT2D eigenvalue weighted by Crippen LogP contribution is 2.39.